The van der Waals surface area contributed by atoms with Crippen LogP contribution in [-0.4, -0.2) is 48.3 Å². The molecule has 3 rings (SSSR count). The second-order valence-corrected chi connectivity index (χ2v) is 6.49. The van der Waals surface area contributed by atoms with Gasteiger partial charge in [-0.15, -0.1) is 0 Å². The molecule has 0 N–H and O–H groups in total. The summed E-state index contributed by atoms with van der Waals surface area (Å²) in [5.41, 5.74) is 2.06. The molecular formula is C20H22FN3O2. The minimum atomic E-state index is -0.319. The third-order valence-electron chi connectivity index (χ3n) is 4.21. The lowest BCUT2D eigenvalue weighted by atomic mass is 10.0. The Labute approximate surface area is 152 Å². The molecule has 0 bridgehead atoms. The zero-order valence-electron chi connectivity index (χ0n) is 14.9. The fourth-order valence-electron chi connectivity index (χ4n) is 2.92. The first kappa shape index (κ1) is 17.9. The third-order valence-corrected chi connectivity index (χ3v) is 4.21. The van der Waals surface area contributed by atoms with E-state index in [1.807, 2.05) is 30.3 Å². The van der Waals surface area contributed by atoms with Gasteiger partial charge in [0.1, 0.15) is 5.82 Å². The molecule has 1 aliphatic heterocycles. The van der Waals surface area contributed by atoms with E-state index in [-0.39, 0.29) is 18.0 Å². The van der Waals surface area contributed by atoms with Crippen LogP contribution in [0.3, 0.4) is 0 Å². The second-order valence-electron chi connectivity index (χ2n) is 6.49. The Kier molecular flexibility index (Phi) is 5.51. The molecule has 0 aliphatic carbocycles. The fourth-order valence-corrected chi connectivity index (χ4v) is 2.92. The van der Waals surface area contributed by atoms with E-state index in [9.17, 15) is 9.18 Å². The molecule has 0 saturated heterocycles. The molecule has 0 unspecified atom stereocenters. The van der Waals surface area contributed by atoms with E-state index in [0.29, 0.717) is 30.8 Å². The highest BCUT2D eigenvalue weighted by Gasteiger charge is 2.28. The Morgan fingerprint density at radius 2 is 1.85 bits per heavy atom. The molecule has 2 aromatic carbocycles. The van der Waals surface area contributed by atoms with Gasteiger partial charge >= 0.3 is 6.03 Å². The highest BCUT2D eigenvalue weighted by Crippen LogP contribution is 2.20. The predicted octanol–water partition coefficient (Wildman–Crippen LogP) is 3.50. The summed E-state index contributed by atoms with van der Waals surface area (Å²) < 4.78 is 13.9. The molecule has 1 aliphatic rings. The number of nitrogens with zero attached hydrogens (tertiary/aromatic N) is 3. The monoisotopic (exact) mass is 355 g/mol. The van der Waals surface area contributed by atoms with Crippen LogP contribution >= 0.6 is 0 Å². The largest absolute Gasteiger partial charge is 0.390 e. The molecule has 0 aromatic heterocycles. The van der Waals surface area contributed by atoms with E-state index in [1.165, 1.54) is 11.0 Å². The number of benzene rings is 2. The molecule has 2 amide bonds. The van der Waals surface area contributed by atoms with Gasteiger partial charge < -0.3 is 14.6 Å². The van der Waals surface area contributed by atoms with Gasteiger partial charge in [0, 0.05) is 32.6 Å². The first-order valence-corrected chi connectivity index (χ1v) is 8.52. The zero-order valence-corrected chi connectivity index (χ0v) is 14.9. The van der Waals surface area contributed by atoms with Crippen molar-refractivity contribution in [3.8, 4) is 0 Å². The first-order valence-electron chi connectivity index (χ1n) is 8.52. The number of amides is 2. The highest BCUT2D eigenvalue weighted by molar-refractivity contribution is 6.01. The summed E-state index contributed by atoms with van der Waals surface area (Å²) in [6.45, 7) is 0.861. The Morgan fingerprint density at radius 3 is 2.54 bits per heavy atom. The van der Waals surface area contributed by atoms with Crippen molar-refractivity contribution in [2.24, 2.45) is 5.16 Å². The summed E-state index contributed by atoms with van der Waals surface area (Å²) in [4.78, 5) is 21.3. The van der Waals surface area contributed by atoms with Crippen molar-refractivity contribution in [1.29, 1.82) is 0 Å². The molecule has 0 saturated carbocycles. The quantitative estimate of drug-likeness (QED) is 0.824. The predicted molar refractivity (Wildman–Crippen MR) is 98.4 cm³/mol. The molecule has 5 nitrogen and oxygen atoms in total. The number of urea groups is 1. The van der Waals surface area contributed by atoms with Crippen LogP contribution in [0.2, 0.25) is 0 Å². The SMILES string of the molecule is CN(C)C(=O)N(Cc1ccccc1)C[C@@H]1CC(c2ccccc2F)=NO1. The Hall–Kier alpha value is -2.89. The van der Waals surface area contributed by atoms with E-state index in [4.69, 9.17) is 4.84 Å². The minimum absolute atomic E-state index is 0.100. The summed E-state index contributed by atoms with van der Waals surface area (Å²) in [5.74, 6) is -0.319. The topological polar surface area (TPSA) is 45.1 Å². The lowest BCUT2D eigenvalue weighted by Gasteiger charge is -2.27. The van der Waals surface area contributed by atoms with E-state index >= 15 is 0 Å². The maximum absolute atomic E-state index is 13.9. The Bertz CT molecular complexity index is 793. The van der Waals surface area contributed by atoms with Crippen LogP contribution in [0.5, 0.6) is 0 Å². The standard InChI is InChI=1S/C20H22FN3O2/c1-23(2)20(25)24(13-15-8-4-3-5-9-15)14-16-12-19(22-26-16)17-10-6-7-11-18(17)21/h3-11,16H,12-14H2,1-2H3/t16-/m0/s1. The van der Waals surface area contributed by atoms with Crippen molar-refractivity contribution in [2.45, 2.75) is 19.1 Å². The van der Waals surface area contributed by atoms with Crippen LogP contribution in [-0.2, 0) is 11.4 Å². The second kappa shape index (κ2) is 7.99. The number of carbonyl (C=O) groups excluding carboxylic acids is 1. The summed E-state index contributed by atoms with van der Waals surface area (Å²) in [6, 6.07) is 16.2. The van der Waals surface area contributed by atoms with Gasteiger partial charge in [-0.3, -0.25) is 0 Å². The van der Waals surface area contributed by atoms with E-state index < -0.39 is 0 Å². The van der Waals surface area contributed by atoms with Crippen LogP contribution in [0.4, 0.5) is 9.18 Å². The molecule has 6 heteroatoms. The van der Waals surface area contributed by atoms with E-state index in [2.05, 4.69) is 5.16 Å². The number of hydrogen-bond acceptors (Lipinski definition) is 3. The number of hydrogen-bond donors (Lipinski definition) is 0. The van der Waals surface area contributed by atoms with Gasteiger partial charge in [-0.1, -0.05) is 53.7 Å². The molecule has 2 aromatic rings. The van der Waals surface area contributed by atoms with Crippen molar-refractivity contribution in [2.75, 3.05) is 20.6 Å². The average Bonchev–Trinajstić information content (AvgIpc) is 3.10. The molecule has 1 heterocycles. The van der Waals surface area contributed by atoms with Gasteiger partial charge in [0.05, 0.1) is 12.3 Å². The number of oxime groups is 1. The smallest absolute Gasteiger partial charge is 0.319 e. The normalized spacial score (nSPS) is 16.0. The Morgan fingerprint density at radius 1 is 1.15 bits per heavy atom. The van der Waals surface area contributed by atoms with Crippen LogP contribution in [0.25, 0.3) is 0 Å². The number of carbonyl (C=O) groups is 1. The van der Waals surface area contributed by atoms with Crippen molar-refractivity contribution in [3.05, 3.63) is 71.5 Å². The number of halogens is 1. The minimum Gasteiger partial charge on any atom is -0.390 e. The van der Waals surface area contributed by atoms with Crippen molar-refractivity contribution in [3.63, 3.8) is 0 Å². The fraction of sp³-hybridized carbons (Fsp3) is 0.300. The maximum Gasteiger partial charge on any atom is 0.319 e. The zero-order chi connectivity index (χ0) is 18.5. The van der Waals surface area contributed by atoms with Gasteiger partial charge in [-0.05, 0) is 11.6 Å². The molecule has 1 atom stereocenters. The molecule has 0 radical (unpaired) electrons. The molecular weight excluding hydrogens is 333 g/mol. The van der Waals surface area contributed by atoms with Crippen molar-refractivity contribution in [1.82, 2.24) is 9.80 Å². The van der Waals surface area contributed by atoms with Gasteiger partial charge in [0.2, 0.25) is 0 Å². The van der Waals surface area contributed by atoms with Crippen molar-refractivity contribution >= 4 is 11.7 Å². The molecule has 0 spiro atoms. The number of rotatable bonds is 5. The molecule has 0 fully saturated rings. The van der Waals surface area contributed by atoms with Crippen LogP contribution < -0.4 is 0 Å². The third kappa shape index (κ3) is 4.20. The van der Waals surface area contributed by atoms with Crippen molar-refractivity contribution < 1.29 is 14.0 Å². The highest BCUT2D eigenvalue weighted by atomic mass is 19.1. The van der Waals surface area contributed by atoms with Crippen LogP contribution in [0.15, 0.2) is 59.8 Å². The Balaban J connectivity index is 1.68. The average molecular weight is 355 g/mol. The molecule has 26 heavy (non-hydrogen) atoms. The first-order chi connectivity index (χ1) is 12.5. The van der Waals surface area contributed by atoms with Gasteiger partial charge in [-0.2, -0.15) is 0 Å². The summed E-state index contributed by atoms with van der Waals surface area (Å²) in [5, 5.41) is 4.04. The van der Waals surface area contributed by atoms with E-state index in [0.717, 1.165) is 5.56 Å². The maximum atomic E-state index is 13.9. The van der Waals surface area contributed by atoms with E-state index in [1.54, 1.807) is 37.2 Å². The van der Waals surface area contributed by atoms with Crippen LogP contribution in [0.1, 0.15) is 17.5 Å². The summed E-state index contributed by atoms with van der Waals surface area (Å²) in [7, 11) is 3.44. The summed E-state index contributed by atoms with van der Waals surface area (Å²) >= 11 is 0. The van der Waals surface area contributed by atoms with Crippen LogP contribution in [0, 0.1) is 5.82 Å². The van der Waals surface area contributed by atoms with Gasteiger partial charge in [0.15, 0.2) is 6.10 Å². The summed E-state index contributed by atoms with van der Waals surface area (Å²) in [6.07, 6.45) is 0.171. The van der Waals surface area contributed by atoms with Gasteiger partial charge in [-0.25, -0.2) is 9.18 Å². The lowest BCUT2D eigenvalue weighted by molar-refractivity contribution is 0.0551. The lowest BCUT2D eigenvalue weighted by Crippen LogP contribution is -2.42. The molecule has 136 valence electrons. The van der Waals surface area contributed by atoms with Gasteiger partial charge in [0.25, 0.3) is 0 Å².